The van der Waals surface area contributed by atoms with E-state index in [4.69, 9.17) is 0 Å². The van der Waals surface area contributed by atoms with E-state index in [1.807, 2.05) is 11.3 Å². The molecule has 1 aliphatic carbocycles. The van der Waals surface area contributed by atoms with Crippen LogP contribution in [0, 0.1) is 0 Å². The predicted octanol–water partition coefficient (Wildman–Crippen LogP) is 3.10. The van der Waals surface area contributed by atoms with Crippen LogP contribution < -0.4 is 0 Å². The summed E-state index contributed by atoms with van der Waals surface area (Å²) in [6.07, 6.45) is 1.19. The summed E-state index contributed by atoms with van der Waals surface area (Å²) in [5.41, 5.74) is 6.05. The van der Waals surface area contributed by atoms with Gasteiger partial charge < -0.3 is 0 Å². The molecule has 0 aliphatic heterocycles. The van der Waals surface area contributed by atoms with Gasteiger partial charge in [-0.1, -0.05) is 5.57 Å². The van der Waals surface area contributed by atoms with Crippen LogP contribution >= 0.6 is 11.3 Å². The Morgan fingerprint density at radius 1 is 1.30 bits per heavy atom. The normalized spacial score (nSPS) is 16.2. The van der Waals surface area contributed by atoms with Gasteiger partial charge in [-0.05, 0) is 47.7 Å². The molecule has 1 heterocycles. The zero-order valence-electron chi connectivity index (χ0n) is 6.27. The third-order valence-electron chi connectivity index (χ3n) is 2.24. The average Bonchev–Trinajstić information content (AvgIpc) is 2.41. The van der Waals surface area contributed by atoms with Gasteiger partial charge >= 0.3 is 0 Å². The minimum Gasteiger partial charge on any atom is -0.151 e. The Bertz CT molecular complexity index is 291. The highest BCUT2D eigenvalue weighted by molar-refractivity contribution is 7.08. The molecule has 1 aromatic rings. The number of hydrogen-bond donors (Lipinski definition) is 0. The molecule has 10 heavy (non-hydrogen) atoms. The van der Waals surface area contributed by atoms with Crippen LogP contribution in [0.1, 0.15) is 25.0 Å². The molecule has 0 saturated carbocycles. The monoisotopic (exact) mass is 150 g/mol. The van der Waals surface area contributed by atoms with Crippen molar-refractivity contribution in [3.63, 3.8) is 0 Å². The molecule has 1 aliphatic rings. The summed E-state index contributed by atoms with van der Waals surface area (Å²) < 4.78 is 0. The molecule has 1 aromatic heterocycles. The van der Waals surface area contributed by atoms with Gasteiger partial charge in [0.2, 0.25) is 0 Å². The third kappa shape index (κ3) is 0.671. The number of fused-ring (bicyclic) bond motifs is 1. The number of rotatable bonds is 0. The van der Waals surface area contributed by atoms with E-state index in [1.165, 1.54) is 28.7 Å². The van der Waals surface area contributed by atoms with Gasteiger partial charge in [-0.2, -0.15) is 11.3 Å². The minimum absolute atomic E-state index is 1.19. The summed E-state index contributed by atoms with van der Waals surface area (Å²) >= 11 is 1.81. The van der Waals surface area contributed by atoms with Crippen molar-refractivity contribution < 1.29 is 0 Å². The SMILES string of the molecule is CC1=C(C)c2cscc2C1. The van der Waals surface area contributed by atoms with Gasteiger partial charge in [0.1, 0.15) is 0 Å². The molecule has 0 unspecified atom stereocenters. The maximum Gasteiger partial charge on any atom is -0.00151 e. The van der Waals surface area contributed by atoms with Crippen molar-refractivity contribution >= 4 is 16.9 Å². The van der Waals surface area contributed by atoms with Crippen molar-refractivity contribution in [3.8, 4) is 0 Å². The van der Waals surface area contributed by atoms with Crippen LogP contribution in [0.3, 0.4) is 0 Å². The molecule has 0 atom stereocenters. The smallest absolute Gasteiger partial charge is 0.00151 e. The summed E-state index contributed by atoms with van der Waals surface area (Å²) in [5, 5.41) is 4.51. The fourth-order valence-electron chi connectivity index (χ4n) is 1.44. The van der Waals surface area contributed by atoms with Crippen molar-refractivity contribution in [1.82, 2.24) is 0 Å². The Balaban J connectivity index is 2.60. The molecular formula is C9H10S. The highest BCUT2D eigenvalue weighted by atomic mass is 32.1. The van der Waals surface area contributed by atoms with Gasteiger partial charge in [0.05, 0.1) is 0 Å². The topological polar surface area (TPSA) is 0 Å². The van der Waals surface area contributed by atoms with Gasteiger partial charge in [-0.15, -0.1) is 0 Å². The predicted molar refractivity (Wildman–Crippen MR) is 46.3 cm³/mol. The summed E-state index contributed by atoms with van der Waals surface area (Å²) in [4.78, 5) is 0. The first-order valence-electron chi connectivity index (χ1n) is 3.51. The fraction of sp³-hybridized carbons (Fsp3) is 0.333. The Hall–Kier alpha value is -0.560. The van der Waals surface area contributed by atoms with Gasteiger partial charge in [-0.25, -0.2) is 0 Å². The van der Waals surface area contributed by atoms with Crippen LogP contribution in [0.4, 0.5) is 0 Å². The van der Waals surface area contributed by atoms with E-state index in [0.29, 0.717) is 0 Å². The van der Waals surface area contributed by atoms with Crippen LogP contribution in [0.2, 0.25) is 0 Å². The van der Waals surface area contributed by atoms with E-state index >= 15 is 0 Å². The molecule has 1 heteroatoms. The zero-order valence-corrected chi connectivity index (χ0v) is 7.09. The van der Waals surface area contributed by atoms with Crippen molar-refractivity contribution in [1.29, 1.82) is 0 Å². The Morgan fingerprint density at radius 3 is 2.80 bits per heavy atom. The third-order valence-corrected chi connectivity index (χ3v) is 3.03. The molecule has 0 aromatic carbocycles. The molecule has 52 valence electrons. The first-order valence-corrected chi connectivity index (χ1v) is 4.45. The molecule has 0 radical (unpaired) electrons. The second kappa shape index (κ2) is 1.96. The second-order valence-corrected chi connectivity index (χ2v) is 3.64. The zero-order chi connectivity index (χ0) is 7.14. The highest BCUT2D eigenvalue weighted by Gasteiger charge is 2.14. The van der Waals surface area contributed by atoms with Crippen molar-refractivity contribution in [2.75, 3.05) is 0 Å². The lowest BCUT2D eigenvalue weighted by molar-refractivity contribution is 1.20. The lowest BCUT2D eigenvalue weighted by Crippen LogP contribution is -1.73. The standard InChI is InChI=1S/C9H10S/c1-6-3-8-4-10-5-9(8)7(6)2/h4-5H,3H2,1-2H3. The lowest BCUT2D eigenvalue weighted by atomic mass is 10.2. The molecule has 0 amide bonds. The lowest BCUT2D eigenvalue weighted by Gasteiger charge is -1.91. The molecule has 0 bridgehead atoms. The Labute approximate surface area is 65.2 Å². The molecule has 0 nitrogen and oxygen atoms in total. The van der Waals surface area contributed by atoms with E-state index in [-0.39, 0.29) is 0 Å². The van der Waals surface area contributed by atoms with E-state index in [9.17, 15) is 0 Å². The maximum atomic E-state index is 2.26. The van der Waals surface area contributed by atoms with E-state index in [0.717, 1.165) is 0 Å². The van der Waals surface area contributed by atoms with Crippen molar-refractivity contribution in [2.45, 2.75) is 20.3 Å². The van der Waals surface area contributed by atoms with Crippen LogP contribution in [0.25, 0.3) is 5.57 Å². The quantitative estimate of drug-likeness (QED) is 0.533. The van der Waals surface area contributed by atoms with E-state index in [1.54, 1.807) is 0 Å². The molecule has 0 saturated heterocycles. The molecule has 2 rings (SSSR count). The summed E-state index contributed by atoms with van der Waals surface area (Å²) in [6, 6.07) is 0. The second-order valence-electron chi connectivity index (χ2n) is 2.89. The first kappa shape index (κ1) is 6.17. The number of allylic oxidation sites excluding steroid dienone is 2. The fourth-order valence-corrected chi connectivity index (χ4v) is 2.34. The van der Waals surface area contributed by atoms with E-state index in [2.05, 4.69) is 24.6 Å². The van der Waals surface area contributed by atoms with E-state index < -0.39 is 0 Å². The van der Waals surface area contributed by atoms with Crippen molar-refractivity contribution in [3.05, 3.63) is 27.5 Å². The number of hydrogen-bond acceptors (Lipinski definition) is 1. The minimum atomic E-state index is 1.19. The molecule has 0 spiro atoms. The molecular weight excluding hydrogens is 140 g/mol. The summed E-state index contributed by atoms with van der Waals surface area (Å²) in [6.45, 7) is 4.44. The first-order chi connectivity index (χ1) is 4.79. The summed E-state index contributed by atoms with van der Waals surface area (Å²) in [7, 11) is 0. The maximum absolute atomic E-state index is 2.26. The van der Waals surface area contributed by atoms with Gasteiger partial charge in [0, 0.05) is 0 Å². The van der Waals surface area contributed by atoms with Gasteiger partial charge in [0.25, 0.3) is 0 Å². The Morgan fingerprint density at radius 2 is 2.10 bits per heavy atom. The highest BCUT2D eigenvalue weighted by Crippen LogP contribution is 2.34. The van der Waals surface area contributed by atoms with Crippen molar-refractivity contribution in [2.24, 2.45) is 0 Å². The Kier molecular flexibility index (Phi) is 1.21. The molecule has 0 fully saturated rings. The van der Waals surface area contributed by atoms with Gasteiger partial charge in [-0.3, -0.25) is 0 Å². The largest absolute Gasteiger partial charge is 0.151 e. The number of thiophene rings is 1. The molecule has 0 N–H and O–H groups in total. The van der Waals surface area contributed by atoms with Crippen LogP contribution in [-0.2, 0) is 6.42 Å². The van der Waals surface area contributed by atoms with Crippen LogP contribution in [0.15, 0.2) is 16.3 Å². The summed E-state index contributed by atoms with van der Waals surface area (Å²) in [5.74, 6) is 0. The van der Waals surface area contributed by atoms with Crippen LogP contribution in [0.5, 0.6) is 0 Å². The average molecular weight is 150 g/mol. The van der Waals surface area contributed by atoms with Gasteiger partial charge in [0.15, 0.2) is 0 Å². The van der Waals surface area contributed by atoms with Crippen LogP contribution in [-0.4, -0.2) is 0 Å².